The highest BCUT2D eigenvalue weighted by Gasteiger charge is 2.37. The van der Waals surface area contributed by atoms with E-state index in [0.717, 1.165) is 40.1 Å². The Morgan fingerprint density at radius 3 is 2.91 bits per heavy atom. The zero-order valence-electron chi connectivity index (χ0n) is 13.3. The molecule has 1 N–H and O–H groups in total. The topological polar surface area (TPSA) is 39.6 Å². The Morgan fingerprint density at radius 1 is 1.41 bits per heavy atom. The fourth-order valence-corrected chi connectivity index (χ4v) is 3.70. The molecule has 1 fully saturated rings. The Bertz CT molecular complexity index is 704. The summed E-state index contributed by atoms with van der Waals surface area (Å²) in [5, 5.41) is 12.5. The van der Waals surface area contributed by atoms with Crippen molar-refractivity contribution in [2.24, 2.45) is 0 Å². The van der Waals surface area contributed by atoms with Gasteiger partial charge in [-0.1, -0.05) is 11.6 Å². The Kier molecular flexibility index (Phi) is 4.02. The number of halogens is 1. The first kappa shape index (κ1) is 15.5. The third-order valence-corrected chi connectivity index (χ3v) is 4.48. The van der Waals surface area contributed by atoms with Crippen LogP contribution in [0.4, 0.5) is 5.69 Å². The first-order valence-electron chi connectivity index (χ1n) is 7.55. The standard InChI is InChI=1S/C17H22ClN3O/c1-12-8-13(18)9-14-15(4-6-19-16(12)14)21-7-5-17(22,11-21)10-20(2)3/h4,6,8-9,22H,5,7,10-11H2,1-3H3. The Labute approximate surface area is 136 Å². The average molecular weight is 320 g/mol. The van der Waals surface area contributed by atoms with E-state index in [1.807, 2.05) is 50.3 Å². The molecule has 22 heavy (non-hydrogen) atoms. The number of rotatable bonds is 3. The molecule has 0 amide bonds. The van der Waals surface area contributed by atoms with Crippen molar-refractivity contribution in [3.8, 4) is 0 Å². The molecule has 1 unspecified atom stereocenters. The number of nitrogens with zero attached hydrogens (tertiary/aromatic N) is 3. The van der Waals surface area contributed by atoms with Gasteiger partial charge in [0, 0.05) is 41.9 Å². The smallest absolute Gasteiger partial charge is 0.0964 e. The Balaban J connectivity index is 1.98. The van der Waals surface area contributed by atoms with E-state index >= 15 is 0 Å². The number of likely N-dealkylation sites (N-methyl/N-ethyl adjacent to an activating group) is 1. The van der Waals surface area contributed by atoms with E-state index < -0.39 is 5.60 Å². The lowest BCUT2D eigenvalue weighted by Crippen LogP contribution is -2.42. The molecule has 0 bridgehead atoms. The van der Waals surface area contributed by atoms with Gasteiger partial charge in [-0.05, 0) is 51.2 Å². The summed E-state index contributed by atoms with van der Waals surface area (Å²) in [4.78, 5) is 8.76. The second kappa shape index (κ2) is 5.69. The van der Waals surface area contributed by atoms with E-state index in [1.54, 1.807) is 0 Å². The van der Waals surface area contributed by atoms with Crippen molar-refractivity contribution in [3.63, 3.8) is 0 Å². The van der Waals surface area contributed by atoms with E-state index in [9.17, 15) is 5.11 Å². The van der Waals surface area contributed by atoms with Crippen molar-refractivity contribution in [3.05, 3.63) is 35.0 Å². The van der Waals surface area contributed by atoms with Crippen LogP contribution in [0.5, 0.6) is 0 Å². The van der Waals surface area contributed by atoms with Crippen LogP contribution in [0.1, 0.15) is 12.0 Å². The number of benzene rings is 1. The van der Waals surface area contributed by atoms with Gasteiger partial charge in [0.1, 0.15) is 0 Å². The molecule has 0 spiro atoms. The number of aliphatic hydroxyl groups is 1. The second-order valence-corrected chi connectivity index (χ2v) is 7.02. The van der Waals surface area contributed by atoms with Gasteiger partial charge in [-0.3, -0.25) is 4.98 Å². The van der Waals surface area contributed by atoms with Crippen LogP contribution >= 0.6 is 11.6 Å². The van der Waals surface area contributed by atoms with Gasteiger partial charge < -0.3 is 14.9 Å². The van der Waals surface area contributed by atoms with Gasteiger partial charge in [-0.25, -0.2) is 0 Å². The number of hydrogen-bond acceptors (Lipinski definition) is 4. The maximum absolute atomic E-state index is 10.7. The summed E-state index contributed by atoms with van der Waals surface area (Å²) >= 11 is 6.23. The molecule has 4 nitrogen and oxygen atoms in total. The molecule has 1 saturated heterocycles. The van der Waals surface area contributed by atoms with Crippen molar-refractivity contribution in [2.45, 2.75) is 18.9 Å². The molecule has 118 valence electrons. The lowest BCUT2D eigenvalue weighted by Gasteiger charge is -2.27. The van der Waals surface area contributed by atoms with Gasteiger partial charge in [0.2, 0.25) is 0 Å². The third kappa shape index (κ3) is 2.91. The summed E-state index contributed by atoms with van der Waals surface area (Å²) in [7, 11) is 3.98. The SMILES string of the molecule is Cc1cc(Cl)cc2c(N3CCC(O)(CN(C)C)C3)ccnc12. The van der Waals surface area contributed by atoms with Gasteiger partial charge in [0.15, 0.2) is 0 Å². The number of aromatic nitrogens is 1. The summed E-state index contributed by atoms with van der Waals surface area (Å²) in [6.45, 7) is 4.18. The minimum absolute atomic E-state index is 0.635. The van der Waals surface area contributed by atoms with E-state index in [1.165, 1.54) is 0 Å². The maximum Gasteiger partial charge on any atom is 0.0964 e. The minimum atomic E-state index is -0.660. The van der Waals surface area contributed by atoms with Crippen molar-refractivity contribution < 1.29 is 5.11 Å². The van der Waals surface area contributed by atoms with Crippen LogP contribution in [-0.2, 0) is 0 Å². The number of β-amino-alcohol motifs (C(OH)–C–C–N with tert-alkyl or cyclic N) is 1. The van der Waals surface area contributed by atoms with E-state index in [0.29, 0.717) is 13.1 Å². The van der Waals surface area contributed by atoms with E-state index in [4.69, 9.17) is 11.6 Å². The van der Waals surface area contributed by atoms with Gasteiger partial charge >= 0.3 is 0 Å². The monoisotopic (exact) mass is 319 g/mol. The van der Waals surface area contributed by atoms with Crippen molar-refractivity contribution in [1.82, 2.24) is 9.88 Å². The fourth-order valence-electron chi connectivity index (χ4n) is 3.43. The molecule has 1 atom stereocenters. The van der Waals surface area contributed by atoms with Crippen molar-refractivity contribution in [2.75, 3.05) is 38.6 Å². The summed E-state index contributed by atoms with van der Waals surface area (Å²) < 4.78 is 0. The number of aryl methyl sites for hydroxylation is 1. The molecule has 2 heterocycles. The predicted molar refractivity (Wildman–Crippen MR) is 91.8 cm³/mol. The normalized spacial score (nSPS) is 22.0. The summed E-state index contributed by atoms with van der Waals surface area (Å²) in [5.41, 5.74) is 2.49. The predicted octanol–water partition coefficient (Wildman–Crippen LogP) is 2.70. The van der Waals surface area contributed by atoms with E-state index in [-0.39, 0.29) is 0 Å². The molecule has 1 aromatic carbocycles. The van der Waals surface area contributed by atoms with Gasteiger partial charge in [0.05, 0.1) is 11.1 Å². The zero-order valence-corrected chi connectivity index (χ0v) is 14.1. The van der Waals surface area contributed by atoms with Crippen LogP contribution in [0.3, 0.4) is 0 Å². The molecule has 0 aliphatic carbocycles. The van der Waals surface area contributed by atoms with Crippen LogP contribution in [-0.4, -0.2) is 54.3 Å². The van der Waals surface area contributed by atoms with Crippen molar-refractivity contribution in [1.29, 1.82) is 0 Å². The third-order valence-electron chi connectivity index (χ3n) is 4.26. The molecule has 0 radical (unpaired) electrons. The lowest BCUT2D eigenvalue weighted by molar-refractivity contribution is 0.0366. The maximum atomic E-state index is 10.7. The minimum Gasteiger partial charge on any atom is -0.387 e. The summed E-state index contributed by atoms with van der Waals surface area (Å²) in [6.07, 6.45) is 2.61. The lowest BCUT2D eigenvalue weighted by atomic mass is 10.0. The fraction of sp³-hybridized carbons (Fsp3) is 0.471. The molecule has 0 saturated carbocycles. The molecule has 1 aliphatic heterocycles. The molecule has 1 aromatic heterocycles. The van der Waals surface area contributed by atoms with Gasteiger partial charge in [-0.2, -0.15) is 0 Å². The van der Waals surface area contributed by atoms with Crippen LogP contribution in [0.15, 0.2) is 24.4 Å². The average Bonchev–Trinajstić information content (AvgIpc) is 2.79. The number of fused-ring (bicyclic) bond motifs is 1. The highest BCUT2D eigenvalue weighted by atomic mass is 35.5. The van der Waals surface area contributed by atoms with Crippen molar-refractivity contribution >= 4 is 28.2 Å². The Hall–Kier alpha value is -1.36. The van der Waals surface area contributed by atoms with Crippen LogP contribution in [0, 0.1) is 6.92 Å². The quantitative estimate of drug-likeness (QED) is 0.944. The number of hydrogen-bond donors (Lipinski definition) is 1. The molecular formula is C17H22ClN3O. The largest absolute Gasteiger partial charge is 0.387 e. The molecule has 1 aliphatic rings. The van der Waals surface area contributed by atoms with Crippen LogP contribution < -0.4 is 4.90 Å². The highest BCUT2D eigenvalue weighted by molar-refractivity contribution is 6.31. The molecule has 3 rings (SSSR count). The number of pyridine rings is 1. The van der Waals surface area contributed by atoms with E-state index in [2.05, 4.69) is 9.88 Å². The van der Waals surface area contributed by atoms with Crippen LogP contribution in [0.2, 0.25) is 5.02 Å². The summed E-state index contributed by atoms with van der Waals surface area (Å²) in [6, 6.07) is 5.92. The van der Waals surface area contributed by atoms with Gasteiger partial charge in [-0.15, -0.1) is 0 Å². The highest BCUT2D eigenvalue weighted by Crippen LogP contribution is 2.34. The molecule has 5 heteroatoms. The number of anilines is 1. The van der Waals surface area contributed by atoms with Crippen LogP contribution in [0.25, 0.3) is 10.9 Å². The first-order chi connectivity index (χ1) is 10.4. The Morgan fingerprint density at radius 2 is 2.18 bits per heavy atom. The second-order valence-electron chi connectivity index (χ2n) is 6.58. The first-order valence-corrected chi connectivity index (χ1v) is 7.93. The molecular weight excluding hydrogens is 298 g/mol. The summed E-state index contributed by atoms with van der Waals surface area (Å²) in [5.74, 6) is 0. The van der Waals surface area contributed by atoms with Gasteiger partial charge in [0.25, 0.3) is 0 Å². The zero-order chi connectivity index (χ0) is 15.9. The molecule has 2 aromatic rings.